The molecule has 0 saturated carbocycles. The van der Waals surface area contributed by atoms with Gasteiger partial charge in [-0.15, -0.1) is 0 Å². The maximum Gasteiger partial charge on any atom is 0.289 e. The third kappa shape index (κ3) is 2.89. The molecule has 0 bridgehead atoms. The highest BCUT2D eigenvalue weighted by Crippen LogP contribution is 2.33. The van der Waals surface area contributed by atoms with Crippen LogP contribution in [0.4, 0.5) is 0 Å². The molecule has 2 atom stereocenters. The second-order valence-corrected chi connectivity index (χ2v) is 5.45. The molecule has 1 aliphatic rings. The molecule has 1 saturated heterocycles. The molecule has 0 radical (unpaired) electrons. The van der Waals surface area contributed by atoms with Gasteiger partial charge in [-0.05, 0) is 26.3 Å². The quantitative estimate of drug-likeness (QED) is 0.909. The van der Waals surface area contributed by atoms with E-state index in [9.17, 15) is 4.79 Å². The van der Waals surface area contributed by atoms with E-state index < -0.39 is 0 Å². The van der Waals surface area contributed by atoms with Crippen LogP contribution in [0.25, 0.3) is 0 Å². The van der Waals surface area contributed by atoms with E-state index >= 15 is 0 Å². The molecule has 1 N–H and O–H groups in total. The van der Waals surface area contributed by atoms with E-state index in [4.69, 9.17) is 9.26 Å². The number of hydrogen-bond donors (Lipinski definition) is 1. The lowest BCUT2D eigenvalue weighted by Crippen LogP contribution is -2.30. The van der Waals surface area contributed by atoms with Gasteiger partial charge in [-0.2, -0.15) is 5.10 Å². The van der Waals surface area contributed by atoms with Crippen molar-refractivity contribution in [3.8, 4) is 0 Å². The topological polar surface area (TPSA) is 82.2 Å². The van der Waals surface area contributed by atoms with Gasteiger partial charge in [0, 0.05) is 37.9 Å². The van der Waals surface area contributed by atoms with Crippen LogP contribution in [0, 0.1) is 12.8 Å². The summed E-state index contributed by atoms with van der Waals surface area (Å²) in [7, 11) is 0. The number of rotatable bonds is 5. The summed E-state index contributed by atoms with van der Waals surface area (Å²) in [6.07, 6.45) is 2.67. The molecule has 0 unspecified atom stereocenters. The number of amides is 1. The Morgan fingerprint density at radius 1 is 1.55 bits per heavy atom. The van der Waals surface area contributed by atoms with Crippen LogP contribution in [-0.2, 0) is 11.3 Å². The highest BCUT2D eigenvalue weighted by molar-refractivity contribution is 5.91. The maximum atomic E-state index is 12.0. The van der Waals surface area contributed by atoms with Crippen LogP contribution in [0.3, 0.4) is 0 Å². The van der Waals surface area contributed by atoms with E-state index in [1.807, 2.05) is 10.7 Å². The van der Waals surface area contributed by atoms with Gasteiger partial charge in [0.1, 0.15) is 6.10 Å². The van der Waals surface area contributed by atoms with Crippen molar-refractivity contribution in [3.05, 3.63) is 35.5 Å². The summed E-state index contributed by atoms with van der Waals surface area (Å²) in [5, 5.41) is 10.9. The molecule has 0 aromatic carbocycles. The first-order valence-corrected chi connectivity index (χ1v) is 7.54. The largest absolute Gasteiger partial charge is 0.372 e. The van der Waals surface area contributed by atoms with Gasteiger partial charge in [-0.3, -0.25) is 9.48 Å². The van der Waals surface area contributed by atoms with Gasteiger partial charge in [0.05, 0.1) is 11.4 Å². The summed E-state index contributed by atoms with van der Waals surface area (Å²) in [4.78, 5) is 12.0. The minimum atomic E-state index is -0.241. The number of hydrogen-bond acceptors (Lipinski definition) is 5. The third-order valence-electron chi connectivity index (χ3n) is 3.93. The van der Waals surface area contributed by atoms with E-state index in [1.165, 1.54) is 0 Å². The Labute approximate surface area is 128 Å². The van der Waals surface area contributed by atoms with Crippen molar-refractivity contribution in [3.63, 3.8) is 0 Å². The monoisotopic (exact) mass is 304 g/mol. The van der Waals surface area contributed by atoms with Crippen LogP contribution >= 0.6 is 0 Å². The summed E-state index contributed by atoms with van der Waals surface area (Å²) in [6, 6.07) is 3.61. The molecule has 118 valence electrons. The molecule has 7 heteroatoms. The molecule has 0 spiro atoms. The van der Waals surface area contributed by atoms with Crippen molar-refractivity contribution < 1.29 is 14.1 Å². The fraction of sp³-hybridized carbons (Fsp3) is 0.533. The van der Waals surface area contributed by atoms with E-state index in [0.29, 0.717) is 18.8 Å². The standard InChI is InChI=1S/C15H20N4O3/c1-3-19-12(4-6-17-19)14-11(5-7-21-14)9-16-15(20)13-8-10(2)18-22-13/h4,6,8,11,14H,3,5,7,9H2,1-2H3,(H,16,20)/t11-,14+/m0/s1. The van der Waals surface area contributed by atoms with Gasteiger partial charge in [0.25, 0.3) is 5.91 Å². The number of aromatic nitrogens is 3. The van der Waals surface area contributed by atoms with Gasteiger partial charge in [-0.25, -0.2) is 0 Å². The van der Waals surface area contributed by atoms with Crippen LogP contribution in [-0.4, -0.2) is 34.0 Å². The summed E-state index contributed by atoms with van der Waals surface area (Å²) < 4.78 is 12.8. The number of nitrogens with zero attached hydrogens (tertiary/aromatic N) is 3. The van der Waals surface area contributed by atoms with E-state index in [2.05, 4.69) is 22.5 Å². The summed E-state index contributed by atoms with van der Waals surface area (Å²) in [6.45, 7) is 5.87. The molecule has 2 aromatic heterocycles. The van der Waals surface area contributed by atoms with E-state index in [0.717, 1.165) is 18.7 Å². The third-order valence-corrected chi connectivity index (χ3v) is 3.93. The molecule has 1 aliphatic heterocycles. The molecule has 1 amide bonds. The molecule has 22 heavy (non-hydrogen) atoms. The smallest absolute Gasteiger partial charge is 0.289 e. The minimum Gasteiger partial charge on any atom is -0.372 e. The van der Waals surface area contributed by atoms with Crippen molar-refractivity contribution in [1.82, 2.24) is 20.3 Å². The van der Waals surface area contributed by atoms with Crippen LogP contribution in [0.5, 0.6) is 0 Å². The van der Waals surface area contributed by atoms with Crippen molar-refractivity contribution in [1.29, 1.82) is 0 Å². The summed E-state index contributed by atoms with van der Waals surface area (Å²) in [5.74, 6) is 0.233. The van der Waals surface area contributed by atoms with Crippen LogP contribution in [0.2, 0.25) is 0 Å². The number of nitrogens with one attached hydrogen (secondary N) is 1. The molecule has 3 rings (SSSR count). The van der Waals surface area contributed by atoms with Gasteiger partial charge >= 0.3 is 0 Å². The first-order valence-electron chi connectivity index (χ1n) is 7.54. The lowest BCUT2D eigenvalue weighted by atomic mass is 9.99. The van der Waals surface area contributed by atoms with Gasteiger partial charge in [-0.1, -0.05) is 5.16 Å². The van der Waals surface area contributed by atoms with Gasteiger partial charge in [0.15, 0.2) is 0 Å². The summed E-state index contributed by atoms with van der Waals surface area (Å²) in [5.41, 5.74) is 1.76. The Bertz CT molecular complexity index is 649. The second-order valence-electron chi connectivity index (χ2n) is 5.45. The Morgan fingerprint density at radius 2 is 2.41 bits per heavy atom. The van der Waals surface area contributed by atoms with E-state index in [1.54, 1.807) is 19.2 Å². The van der Waals surface area contributed by atoms with Crippen molar-refractivity contribution in [2.24, 2.45) is 5.92 Å². The average Bonchev–Trinajstić information content (AvgIpc) is 3.23. The lowest BCUT2D eigenvalue weighted by molar-refractivity contribution is 0.0783. The fourth-order valence-corrected chi connectivity index (χ4v) is 2.80. The molecule has 2 aromatic rings. The molecule has 3 heterocycles. The summed E-state index contributed by atoms with van der Waals surface area (Å²) >= 11 is 0. The Kier molecular flexibility index (Phi) is 4.24. The first kappa shape index (κ1) is 14.8. The molecule has 7 nitrogen and oxygen atoms in total. The first-order chi connectivity index (χ1) is 10.7. The van der Waals surface area contributed by atoms with Crippen molar-refractivity contribution >= 4 is 5.91 Å². The molecule has 0 aliphatic carbocycles. The Balaban J connectivity index is 1.63. The maximum absolute atomic E-state index is 12.0. The average molecular weight is 304 g/mol. The zero-order valence-electron chi connectivity index (χ0n) is 12.8. The van der Waals surface area contributed by atoms with Gasteiger partial charge < -0.3 is 14.6 Å². The van der Waals surface area contributed by atoms with Crippen molar-refractivity contribution in [2.45, 2.75) is 32.9 Å². The lowest BCUT2D eigenvalue weighted by Gasteiger charge is -2.19. The normalized spacial score (nSPS) is 21.2. The number of carbonyl (C=O) groups is 1. The van der Waals surface area contributed by atoms with Crippen LogP contribution in [0.15, 0.2) is 22.9 Å². The van der Waals surface area contributed by atoms with Gasteiger partial charge in [0.2, 0.25) is 5.76 Å². The van der Waals surface area contributed by atoms with E-state index in [-0.39, 0.29) is 23.7 Å². The number of carbonyl (C=O) groups excluding carboxylic acids is 1. The Morgan fingerprint density at radius 3 is 3.14 bits per heavy atom. The SMILES string of the molecule is CCn1nccc1[C@@H]1OCC[C@H]1CNC(=O)c1cc(C)no1. The van der Waals surface area contributed by atoms with Crippen LogP contribution in [0.1, 0.15) is 41.4 Å². The molecule has 1 fully saturated rings. The highest BCUT2D eigenvalue weighted by Gasteiger charge is 2.32. The van der Waals surface area contributed by atoms with Crippen molar-refractivity contribution in [2.75, 3.05) is 13.2 Å². The number of aryl methyl sites for hydroxylation is 2. The Hall–Kier alpha value is -2.15. The minimum absolute atomic E-state index is 0.0285. The zero-order valence-corrected chi connectivity index (χ0v) is 12.8. The fourth-order valence-electron chi connectivity index (χ4n) is 2.80. The predicted octanol–water partition coefficient (Wildman–Crippen LogP) is 1.71. The number of ether oxygens (including phenoxy) is 1. The van der Waals surface area contributed by atoms with Crippen LogP contribution < -0.4 is 5.32 Å². The predicted molar refractivity (Wildman–Crippen MR) is 78.3 cm³/mol. The molecular weight excluding hydrogens is 284 g/mol. The zero-order chi connectivity index (χ0) is 15.5. The second kappa shape index (κ2) is 6.31. The molecular formula is C15H20N4O3. The highest BCUT2D eigenvalue weighted by atomic mass is 16.5.